The molecule has 0 aliphatic heterocycles. The highest BCUT2D eigenvalue weighted by Gasteiger charge is 2.49. The first-order chi connectivity index (χ1) is 8.02. The molecule has 0 spiro atoms. The summed E-state index contributed by atoms with van der Waals surface area (Å²) in [5.41, 5.74) is -0.769. The van der Waals surface area contributed by atoms with Crippen molar-refractivity contribution in [3.8, 4) is 6.07 Å². The molecule has 1 aromatic rings. The molecule has 1 aromatic carbocycles. The van der Waals surface area contributed by atoms with Crippen molar-refractivity contribution in [2.75, 3.05) is 0 Å². The van der Waals surface area contributed by atoms with Crippen molar-refractivity contribution in [3.63, 3.8) is 0 Å². The first kappa shape index (κ1) is 12.4. The first-order valence-corrected chi connectivity index (χ1v) is 6.29. The third-order valence-electron chi connectivity index (χ3n) is 4.04. The predicted octanol–water partition coefficient (Wildman–Crippen LogP) is 3.43. The third kappa shape index (κ3) is 1.94. The number of hydrogen-bond donors (Lipinski definition) is 1. The van der Waals surface area contributed by atoms with Gasteiger partial charge >= 0.3 is 0 Å². The van der Waals surface area contributed by atoms with Crippen LogP contribution in [-0.4, -0.2) is 10.7 Å². The Morgan fingerprint density at radius 1 is 1.24 bits per heavy atom. The minimum absolute atomic E-state index is 0.495. The molecule has 0 aromatic heterocycles. The molecule has 2 nitrogen and oxygen atoms in total. The van der Waals surface area contributed by atoms with Crippen molar-refractivity contribution in [2.24, 2.45) is 0 Å². The second kappa shape index (κ2) is 4.33. The molecule has 90 valence electrons. The number of nitriles is 1. The summed E-state index contributed by atoms with van der Waals surface area (Å²) in [6, 6.07) is 9.56. The van der Waals surface area contributed by atoms with Crippen LogP contribution < -0.4 is 0 Å². The first-order valence-electron chi connectivity index (χ1n) is 5.91. The van der Waals surface area contributed by atoms with Crippen LogP contribution in [-0.2, 0) is 5.41 Å². The van der Waals surface area contributed by atoms with Crippen LogP contribution in [0.25, 0.3) is 0 Å². The lowest BCUT2D eigenvalue weighted by atomic mass is 9.61. The van der Waals surface area contributed by atoms with Gasteiger partial charge in [0.05, 0.1) is 6.07 Å². The van der Waals surface area contributed by atoms with E-state index in [2.05, 4.69) is 6.07 Å². The number of benzene rings is 1. The molecule has 1 fully saturated rings. The van der Waals surface area contributed by atoms with Crippen molar-refractivity contribution in [1.29, 1.82) is 5.26 Å². The molecule has 1 saturated carbocycles. The van der Waals surface area contributed by atoms with Gasteiger partial charge in [-0.15, -0.1) is 0 Å². The van der Waals surface area contributed by atoms with Crippen molar-refractivity contribution < 1.29 is 5.11 Å². The van der Waals surface area contributed by atoms with Gasteiger partial charge in [-0.3, -0.25) is 0 Å². The van der Waals surface area contributed by atoms with Crippen molar-refractivity contribution in [1.82, 2.24) is 0 Å². The quantitative estimate of drug-likeness (QED) is 0.775. The van der Waals surface area contributed by atoms with Crippen LogP contribution >= 0.6 is 11.6 Å². The Kier molecular flexibility index (Phi) is 3.16. The zero-order valence-corrected chi connectivity index (χ0v) is 10.7. The molecular weight excluding hydrogens is 234 g/mol. The molecule has 0 saturated heterocycles. The number of nitrogens with zero attached hydrogens (tertiary/aromatic N) is 1. The fourth-order valence-corrected chi connectivity index (χ4v) is 2.85. The molecule has 2 unspecified atom stereocenters. The molecule has 3 heteroatoms. The van der Waals surface area contributed by atoms with Crippen LogP contribution in [0, 0.1) is 11.3 Å². The van der Waals surface area contributed by atoms with Crippen LogP contribution in [0.15, 0.2) is 24.3 Å². The Hall–Kier alpha value is -1.04. The monoisotopic (exact) mass is 249 g/mol. The molecule has 0 radical (unpaired) electrons. The molecule has 1 N–H and O–H groups in total. The highest BCUT2D eigenvalue weighted by molar-refractivity contribution is 6.30. The number of rotatable bonds is 1. The summed E-state index contributed by atoms with van der Waals surface area (Å²) in [4.78, 5) is 0. The van der Waals surface area contributed by atoms with Crippen LogP contribution in [0.4, 0.5) is 0 Å². The maximum Gasteiger partial charge on any atom is 0.160 e. The Labute approximate surface area is 107 Å². The average molecular weight is 250 g/mol. The SMILES string of the molecule is CC1(c2ccc(Cl)cc2)CCCCC1(O)C#N. The summed E-state index contributed by atoms with van der Waals surface area (Å²) in [6.07, 6.45) is 3.33. The van der Waals surface area contributed by atoms with Gasteiger partial charge < -0.3 is 5.11 Å². The van der Waals surface area contributed by atoms with Crippen LogP contribution in [0.1, 0.15) is 38.2 Å². The second-order valence-corrected chi connectivity index (χ2v) is 5.45. The average Bonchev–Trinajstić information content (AvgIpc) is 2.34. The lowest BCUT2D eigenvalue weighted by Crippen LogP contribution is -2.51. The summed E-state index contributed by atoms with van der Waals surface area (Å²) < 4.78 is 0. The summed E-state index contributed by atoms with van der Waals surface area (Å²) >= 11 is 5.87. The van der Waals surface area contributed by atoms with Gasteiger partial charge in [-0.1, -0.05) is 37.1 Å². The Bertz CT molecular complexity index is 450. The Morgan fingerprint density at radius 2 is 1.82 bits per heavy atom. The van der Waals surface area contributed by atoms with E-state index in [1.54, 1.807) is 0 Å². The largest absolute Gasteiger partial charge is 0.374 e. The predicted molar refractivity (Wildman–Crippen MR) is 67.8 cm³/mol. The van der Waals surface area contributed by atoms with E-state index in [9.17, 15) is 10.4 Å². The summed E-state index contributed by atoms with van der Waals surface area (Å²) in [5.74, 6) is 0. The van der Waals surface area contributed by atoms with E-state index in [0.29, 0.717) is 11.4 Å². The number of aliphatic hydroxyl groups is 1. The highest BCUT2D eigenvalue weighted by Crippen LogP contribution is 2.46. The zero-order chi connectivity index (χ0) is 12.5. The van der Waals surface area contributed by atoms with Gasteiger partial charge in [-0.2, -0.15) is 5.26 Å². The van der Waals surface area contributed by atoms with E-state index in [1.165, 1.54) is 0 Å². The topological polar surface area (TPSA) is 44.0 Å². The fourth-order valence-electron chi connectivity index (χ4n) is 2.72. The molecule has 2 atom stereocenters. The molecule has 1 aliphatic carbocycles. The van der Waals surface area contributed by atoms with Gasteiger partial charge in [0.2, 0.25) is 0 Å². The lowest BCUT2D eigenvalue weighted by molar-refractivity contribution is -0.0140. The minimum atomic E-state index is -1.26. The van der Waals surface area contributed by atoms with Gasteiger partial charge in [0.1, 0.15) is 0 Å². The van der Waals surface area contributed by atoms with Gasteiger partial charge in [0.25, 0.3) is 0 Å². The molecular formula is C14H16ClNO. The van der Waals surface area contributed by atoms with E-state index in [0.717, 1.165) is 24.8 Å². The van der Waals surface area contributed by atoms with Gasteiger partial charge in [0.15, 0.2) is 5.60 Å². The summed E-state index contributed by atoms with van der Waals surface area (Å²) in [6.45, 7) is 1.97. The van der Waals surface area contributed by atoms with E-state index in [1.807, 2.05) is 31.2 Å². The molecule has 0 bridgehead atoms. The molecule has 2 rings (SSSR count). The van der Waals surface area contributed by atoms with E-state index >= 15 is 0 Å². The Balaban J connectivity index is 2.46. The van der Waals surface area contributed by atoms with Crippen molar-refractivity contribution >= 4 is 11.6 Å². The maximum absolute atomic E-state index is 10.5. The number of hydrogen-bond acceptors (Lipinski definition) is 2. The maximum atomic E-state index is 10.5. The standard InChI is InChI=1S/C14H16ClNO/c1-13(11-4-6-12(15)7-5-11)8-2-3-9-14(13,17)10-16/h4-7,17H,2-3,8-9H2,1H3. The number of halogens is 1. The van der Waals surface area contributed by atoms with E-state index in [4.69, 9.17) is 11.6 Å². The molecule has 0 amide bonds. The normalized spacial score (nSPS) is 33.1. The summed E-state index contributed by atoms with van der Waals surface area (Å²) in [5, 5.41) is 20.5. The van der Waals surface area contributed by atoms with E-state index in [-0.39, 0.29) is 0 Å². The lowest BCUT2D eigenvalue weighted by Gasteiger charge is -2.44. The fraction of sp³-hybridized carbons (Fsp3) is 0.500. The molecule has 1 aliphatic rings. The van der Waals surface area contributed by atoms with Gasteiger partial charge in [0, 0.05) is 10.4 Å². The molecule has 0 heterocycles. The van der Waals surface area contributed by atoms with Crippen molar-refractivity contribution in [2.45, 2.75) is 43.6 Å². The smallest absolute Gasteiger partial charge is 0.160 e. The Morgan fingerprint density at radius 3 is 2.41 bits per heavy atom. The highest BCUT2D eigenvalue weighted by atomic mass is 35.5. The molecule has 17 heavy (non-hydrogen) atoms. The van der Waals surface area contributed by atoms with Crippen molar-refractivity contribution in [3.05, 3.63) is 34.9 Å². The van der Waals surface area contributed by atoms with Gasteiger partial charge in [-0.25, -0.2) is 0 Å². The second-order valence-electron chi connectivity index (χ2n) is 5.02. The van der Waals surface area contributed by atoms with Crippen LogP contribution in [0.2, 0.25) is 5.02 Å². The van der Waals surface area contributed by atoms with Crippen LogP contribution in [0.5, 0.6) is 0 Å². The van der Waals surface area contributed by atoms with E-state index < -0.39 is 11.0 Å². The van der Waals surface area contributed by atoms with Crippen LogP contribution in [0.3, 0.4) is 0 Å². The third-order valence-corrected chi connectivity index (χ3v) is 4.30. The summed E-state index contributed by atoms with van der Waals surface area (Å²) in [7, 11) is 0. The minimum Gasteiger partial charge on any atom is -0.374 e. The zero-order valence-electron chi connectivity index (χ0n) is 9.91. The van der Waals surface area contributed by atoms with Gasteiger partial charge in [-0.05, 0) is 37.0 Å².